The first-order valence-corrected chi connectivity index (χ1v) is 5.89. The van der Waals surface area contributed by atoms with Gasteiger partial charge in [-0.3, -0.25) is 4.79 Å². The lowest BCUT2D eigenvalue weighted by Gasteiger charge is -2.02. The molecule has 0 bridgehead atoms. The molecule has 0 radical (unpaired) electrons. The fourth-order valence-electron chi connectivity index (χ4n) is 0.565. The highest BCUT2D eigenvalue weighted by Crippen LogP contribution is 2.04. The topological polar surface area (TPSA) is 55.8 Å². The molecule has 0 aromatic rings. The van der Waals surface area contributed by atoms with Crippen LogP contribution in [0.1, 0.15) is 13.3 Å². The van der Waals surface area contributed by atoms with Gasteiger partial charge >= 0.3 is 0 Å². The summed E-state index contributed by atoms with van der Waals surface area (Å²) in [5, 5.41) is 0.191. The summed E-state index contributed by atoms with van der Waals surface area (Å²) in [4.78, 5) is 19.1. The van der Waals surface area contributed by atoms with Gasteiger partial charge in [-0.1, -0.05) is 18.7 Å². The molecule has 6 heteroatoms. The SMILES string of the molecule is CCC(=O)SCCOCCOPO. The van der Waals surface area contributed by atoms with E-state index in [1.165, 1.54) is 11.8 Å². The Balaban J connectivity index is 2.95. The van der Waals surface area contributed by atoms with Crippen LogP contribution in [0.25, 0.3) is 0 Å². The third kappa shape index (κ3) is 10.2. The van der Waals surface area contributed by atoms with Gasteiger partial charge in [0, 0.05) is 12.2 Å². The van der Waals surface area contributed by atoms with Crippen LogP contribution < -0.4 is 0 Å². The number of carbonyl (C=O) groups excluding carboxylic acids is 1. The lowest BCUT2D eigenvalue weighted by Crippen LogP contribution is -2.04. The van der Waals surface area contributed by atoms with Crippen molar-refractivity contribution in [2.24, 2.45) is 0 Å². The Morgan fingerprint density at radius 1 is 1.46 bits per heavy atom. The summed E-state index contributed by atoms with van der Waals surface area (Å²) in [6.07, 6.45) is 0.569. The van der Waals surface area contributed by atoms with Crippen LogP contribution in [0.4, 0.5) is 0 Å². The van der Waals surface area contributed by atoms with Gasteiger partial charge in [0.2, 0.25) is 0 Å². The highest BCUT2D eigenvalue weighted by atomic mass is 32.2. The first kappa shape index (κ1) is 13.3. The lowest BCUT2D eigenvalue weighted by atomic mass is 10.6. The summed E-state index contributed by atoms with van der Waals surface area (Å²) < 4.78 is 9.79. The summed E-state index contributed by atoms with van der Waals surface area (Å²) in [7, 11) is -0.473. The predicted molar refractivity (Wildman–Crippen MR) is 55.1 cm³/mol. The molecule has 1 unspecified atom stereocenters. The van der Waals surface area contributed by atoms with Crippen molar-refractivity contribution in [3.05, 3.63) is 0 Å². The third-order valence-corrected chi connectivity index (χ3v) is 2.49. The van der Waals surface area contributed by atoms with E-state index in [0.29, 0.717) is 32.0 Å². The highest BCUT2D eigenvalue weighted by molar-refractivity contribution is 8.13. The minimum absolute atomic E-state index is 0.191. The molecular weight excluding hydrogens is 211 g/mol. The van der Waals surface area contributed by atoms with Gasteiger partial charge in [-0.25, -0.2) is 0 Å². The molecule has 1 N–H and O–H groups in total. The molecule has 0 aliphatic carbocycles. The van der Waals surface area contributed by atoms with Gasteiger partial charge in [0.25, 0.3) is 0 Å². The van der Waals surface area contributed by atoms with Crippen LogP contribution in [0, 0.1) is 0 Å². The zero-order chi connectivity index (χ0) is 9.94. The van der Waals surface area contributed by atoms with Gasteiger partial charge < -0.3 is 14.2 Å². The molecule has 0 fully saturated rings. The van der Waals surface area contributed by atoms with E-state index in [-0.39, 0.29) is 5.12 Å². The third-order valence-electron chi connectivity index (χ3n) is 1.17. The smallest absolute Gasteiger partial charge is 0.188 e. The molecule has 1 atom stereocenters. The van der Waals surface area contributed by atoms with Crippen molar-refractivity contribution in [1.29, 1.82) is 0 Å². The van der Waals surface area contributed by atoms with Crippen molar-refractivity contribution in [3.8, 4) is 0 Å². The van der Waals surface area contributed by atoms with Crippen molar-refractivity contribution in [1.82, 2.24) is 0 Å². The van der Waals surface area contributed by atoms with Crippen LogP contribution in [0.3, 0.4) is 0 Å². The van der Waals surface area contributed by atoms with Crippen molar-refractivity contribution < 1.29 is 18.9 Å². The zero-order valence-corrected chi connectivity index (χ0v) is 9.43. The number of carbonyl (C=O) groups is 1. The molecular formula is C7H15O4PS. The fourth-order valence-corrected chi connectivity index (χ4v) is 1.37. The largest absolute Gasteiger partial charge is 0.378 e. The molecule has 0 aliphatic heterocycles. The summed E-state index contributed by atoms with van der Waals surface area (Å²) in [5.74, 6) is 0.689. The maximum Gasteiger partial charge on any atom is 0.188 e. The molecule has 0 aromatic heterocycles. The Bertz CT molecular complexity index is 134. The van der Waals surface area contributed by atoms with Crippen LogP contribution in [-0.4, -0.2) is 35.6 Å². The fraction of sp³-hybridized carbons (Fsp3) is 0.857. The van der Waals surface area contributed by atoms with Crippen molar-refractivity contribution in [2.75, 3.05) is 25.6 Å². The first-order chi connectivity index (χ1) is 6.31. The standard InChI is InChI=1S/C7H15O4PS/c1-2-7(8)13-6-5-10-3-4-11-12-9/h9,12H,2-6H2,1H3. The van der Waals surface area contributed by atoms with Gasteiger partial charge in [-0.2, -0.15) is 0 Å². The van der Waals surface area contributed by atoms with E-state index in [0.717, 1.165) is 0 Å². The Hall–Kier alpha value is 0.330. The number of thioether (sulfide) groups is 1. The Labute approximate surface area is 84.3 Å². The molecule has 0 saturated carbocycles. The minimum atomic E-state index is -0.473. The normalized spacial score (nSPS) is 11.2. The second kappa shape index (κ2) is 10.4. The Kier molecular flexibility index (Phi) is 10.7. The molecule has 78 valence electrons. The van der Waals surface area contributed by atoms with Crippen LogP contribution >= 0.6 is 20.8 Å². The molecule has 4 nitrogen and oxygen atoms in total. The first-order valence-electron chi connectivity index (χ1n) is 4.05. The summed E-state index contributed by atoms with van der Waals surface area (Å²) in [6.45, 7) is 3.26. The van der Waals surface area contributed by atoms with Gasteiger partial charge in [-0.05, 0) is 0 Å². The van der Waals surface area contributed by atoms with E-state index in [4.69, 9.17) is 9.63 Å². The van der Waals surface area contributed by atoms with Crippen molar-refractivity contribution in [2.45, 2.75) is 13.3 Å². The summed E-state index contributed by atoms with van der Waals surface area (Å²) in [6, 6.07) is 0. The van der Waals surface area contributed by atoms with E-state index in [1.54, 1.807) is 0 Å². The molecule has 0 spiro atoms. The number of rotatable bonds is 8. The van der Waals surface area contributed by atoms with Gasteiger partial charge in [0.15, 0.2) is 14.1 Å². The second-order valence-electron chi connectivity index (χ2n) is 2.13. The Morgan fingerprint density at radius 2 is 2.23 bits per heavy atom. The monoisotopic (exact) mass is 226 g/mol. The van der Waals surface area contributed by atoms with E-state index in [9.17, 15) is 4.79 Å². The lowest BCUT2D eigenvalue weighted by molar-refractivity contribution is -0.110. The molecule has 0 saturated heterocycles. The van der Waals surface area contributed by atoms with Crippen LogP contribution in [0.15, 0.2) is 0 Å². The molecule has 0 rings (SSSR count). The van der Waals surface area contributed by atoms with E-state index < -0.39 is 9.03 Å². The average molecular weight is 226 g/mol. The summed E-state index contributed by atoms with van der Waals surface area (Å²) in [5.41, 5.74) is 0. The van der Waals surface area contributed by atoms with E-state index in [2.05, 4.69) is 4.52 Å². The molecule has 0 amide bonds. The highest BCUT2D eigenvalue weighted by Gasteiger charge is 1.97. The number of ether oxygens (including phenoxy) is 1. The predicted octanol–water partition coefficient (Wildman–Crippen LogP) is 1.19. The Morgan fingerprint density at radius 3 is 2.85 bits per heavy atom. The maximum absolute atomic E-state index is 10.8. The quantitative estimate of drug-likeness (QED) is 0.497. The van der Waals surface area contributed by atoms with E-state index in [1.807, 2.05) is 6.92 Å². The van der Waals surface area contributed by atoms with Gasteiger partial charge in [-0.15, -0.1) is 0 Å². The molecule has 0 heterocycles. The van der Waals surface area contributed by atoms with Crippen LogP contribution in [-0.2, 0) is 14.1 Å². The second-order valence-corrected chi connectivity index (χ2v) is 3.75. The van der Waals surface area contributed by atoms with Crippen molar-refractivity contribution >= 4 is 25.9 Å². The minimum Gasteiger partial charge on any atom is -0.378 e. The van der Waals surface area contributed by atoms with Crippen LogP contribution in [0.2, 0.25) is 0 Å². The van der Waals surface area contributed by atoms with Crippen molar-refractivity contribution in [3.63, 3.8) is 0 Å². The summed E-state index contributed by atoms with van der Waals surface area (Å²) >= 11 is 1.29. The van der Waals surface area contributed by atoms with Gasteiger partial charge in [0.05, 0.1) is 19.8 Å². The average Bonchev–Trinajstić information content (AvgIpc) is 2.16. The van der Waals surface area contributed by atoms with Crippen LogP contribution in [0.5, 0.6) is 0 Å². The zero-order valence-electron chi connectivity index (χ0n) is 7.62. The number of hydrogen-bond acceptors (Lipinski definition) is 5. The van der Waals surface area contributed by atoms with E-state index >= 15 is 0 Å². The number of hydrogen-bond donors (Lipinski definition) is 1. The van der Waals surface area contributed by atoms with Gasteiger partial charge in [0.1, 0.15) is 0 Å². The molecule has 0 aliphatic rings. The maximum atomic E-state index is 10.8. The molecule has 0 aromatic carbocycles. The molecule has 13 heavy (non-hydrogen) atoms.